The molecular formula is C9H11N3O3. The minimum Gasteiger partial charge on any atom is -0.377 e. The lowest BCUT2D eigenvalue weighted by Crippen LogP contribution is -2.08. The first-order chi connectivity index (χ1) is 7.20. The van der Waals surface area contributed by atoms with Crippen molar-refractivity contribution in [3.63, 3.8) is 0 Å². The Balaban J connectivity index is 2.45. The third-order valence-electron chi connectivity index (χ3n) is 2.38. The van der Waals surface area contributed by atoms with Crippen LogP contribution in [0.1, 0.15) is 12.1 Å². The third-order valence-corrected chi connectivity index (χ3v) is 2.38. The smallest absolute Gasteiger partial charge is 0.314 e. The molecule has 15 heavy (non-hydrogen) atoms. The molecule has 0 saturated heterocycles. The van der Waals surface area contributed by atoms with Gasteiger partial charge in [-0.15, -0.1) is 0 Å². The maximum Gasteiger partial charge on any atom is 0.314 e. The van der Waals surface area contributed by atoms with Gasteiger partial charge in [0.15, 0.2) is 0 Å². The van der Waals surface area contributed by atoms with E-state index in [0.29, 0.717) is 25.3 Å². The molecule has 0 amide bonds. The second-order valence-corrected chi connectivity index (χ2v) is 3.31. The van der Waals surface area contributed by atoms with Crippen LogP contribution in [0, 0.1) is 10.1 Å². The fourth-order valence-corrected chi connectivity index (χ4v) is 1.67. The van der Waals surface area contributed by atoms with Crippen molar-refractivity contribution in [2.75, 3.05) is 13.2 Å². The summed E-state index contributed by atoms with van der Waals surface area (Å²) in [5.41, 5.74) is 1.59. The lowest BCUT2D eigenvalue weighted by molar-refractivity contribution is -0.385. The number of nitro groups is 1. The fourth-order valence-electron chi connectivity index (χ4n) is 1.67. The van der Waals surface area contributed by atoms with E-state index in [0.717, 1.165) is 5.57 Å². The highest BCUT2D eigenvalue weighted by Crippen LogP contribution is 2.28. The third kappa shape index (κ3) is 1.75. The summed E-state index contributed by atoms with van der Waals surface area (Å²) in [7, 11) is 1.71. The van der Waals surface area contributed by atoms with Crippen LogP contribution < -0.4 is 0 Å². The predicted octanol–water partition coefficient (Wildman–Crippen LogP) is 1.13. The molecule has 0 bridgehead atoms. The maximum absolute atomic E-state index is 10.8. The highest BCUT2D eigenvalue weighted by Gasteiger charge is 2.22. The first-order valence-electron chi connectivity index (χ1n) is 4.63. The standard InChI is InChI=1S/C9H11N3O3/c1-11-9(7-2-4-15-5-3-7)8(6-10-11)12(13)14/h2,6H,3-5H2,1H3. The lowest BCUT2D eigenvalue weighted by Gasteiger charge is -2.12. The average molecular weight is 209 g/mol. The number of rotatable bonds is 2. The van der Waals surface area contributed by atoms with E-state index >= 15 is 0 Å². The quantitative estimate of drug-likeness (QED) is 0.540. The fraction of sp³-hybridized carbons (Fsp3) is 0.444. The van der Waals surface area contributed by atoms with E-state index in [1.165, 1.54) is 10.9 Å². The number of hydrogen-bond donors (Lipinski definition) is 0. The Labute approximate surface area is 86.3 Å². The molecule has 0 spiro atoms. The van der Waals surface area contributed by atoms with Gasteiger partial charge in [0.1, 0.15) is 11.9 Å². The Morgan fingerprint density at radius 1 is 1.67 bits per heavy atom. The zero-order chi connectivity index (χ0) is 10.8. The molecule has 1 aromatic rings. The molecule has 0 radical (unpaired) electrons. The average Bonchev–Trinajstić information content (AvgIpc) is 2.61. The number of ether oxygens (including phenoxy) is 1. The Morgan fingerprint density at radius 3 is 3.07 bits per heavy atom. The number of aryl methyl sites for hydroxylation is 1. The molecule has 1 aliphatic heterocycles. The van der Waals surface area contributed by atoms with Gasteiger partial charge >= 0.3 is 5.69 Å². The van der Waals surface area contributed by atoms with Gasteiger partial charge < -0.3 is 4.74 Å². The van der Waals surface area contributed by atoms with Gasteiger partial charge in [-0.2, -0.15) is 5.10 Å². The Bertz CT molecular complexity index is 422. The molecular weight excluding hydrogens is 198 g/mol. The number of nitrogens with zero attached hydrogens (tertiary/aromatic N) is 3. The minimum absolute atomic E-state index is 0.0608. The lowest BCUT2D eigenvalue weighted by atomic mass is 10.1. The van der Waals surface area contributed by atoms with Crippen LogP contribution in [-0.2, 0) is 11.8 Å². The maximum atomic E-state index is 10.8. The van der Waals surface area contributed by atoms with Crippen LogP contribution in [0.3, 0.4) is 0 Å². The summed E-state index contributed by atoms with van der Waals surface area (Å²) in [4.78, 5) is 10.4. The largest absolute Gasteiger partial charge is 0.377 e. The summed E-state index contributed by atoms with van der Waals surface area (Å²) in [6, 6.07) is 0. The number of hydrogen-bond acceptors (Lipinski definition) is 4. The van der Waals surface area contributed by atoms with Gasteiger partial charge in [-0.3, -0.25) is 14.8 Å². The highest BCUT2D eigenvalue weighted by molar-refractivity contribution is 5.70. The van der Waals surface area contributed by atoms with Gasteiger partial charge in [-0.25, -0.2) is 0 Å². The van der Waals surface area contributed by atoms with E-state index in [-0.39, 0.29) is 5.69 Å². The highest BCUT2D eigenvalue weighted by atomic mass is 16.6. The Morgan fingerprint density at radius 2 is 2.47 bits per heavy atom. The van der Waals surface area contributed by atoms with Crippen LogP contribution in [0.15, 0.2) is 12.3 Å². The van der Waals surface area contributed by atoms with Crippen LogP contribution in [-0.4, -0.2) is 27.9 Å². The van der Waals surface area contributed by atoms with Crippen molar-refractivity contribution in [3.8, 4) is 0 Å². The second kappa shape index (κ2) is 3.82. The normalized spacial score (nSPS) is 16.2. The van der Waals surface area contributed by atoms with Crippen molar-refractivity contribution in [2.24, 2.45) is 7.05 Å². The van der Waals surface area contributed by atoms with Gasteiger partial charge in [0, 0.05) is 7.05 Å². The molecule has 1 aromatic heterocycles. The molecule has 0 atom stereocenters. The minimum atomic E-state index is -0.404. The summed E-state index contributed by atoms with van der Waals surface area (Å²) < 4.78 is 6.70. The first kappa shape index (κ1) is 9.85. The van der Waals surface area contributed by atoms with Crippen molar-refractivity contribution in [3.05, 3.63) is 28.1 Å². The molecule has 80 valence electrons. The Hall–Kier alpha value is -1.69. The first-order valence-corrected chi connectivity index (χ1v) is 4.63. The second-order valence-electron chi connectivity index (χ2n) is 3.31. The summed E-state index contributed by atoms with van der Waals surface area (Å²) >= 11 is 0. The molecule has 0 N–H and O–H groups in total. The summed E-state index contributed by atoms with van der Waals surface area (Å²) in [6.45, 7) is 1.12. The van der Waals surface area contributed by atoms with Crippen LogP contribution in [0.4, 0.5) is 5.69 Å². The van der Waals surface area contributed by atoms with E-state index in [1.54, 1.807) is 7.05 Å². The molecule has 0 aromatic carbocycles. The molecule has 0 unspecified atom stereocenters. The van der Waals surface area contributed by atoms with Crippen molar-refractivity contribution in [1.29, 1.82) is 0 Å². The molecule has 6 nitrogen and oxygen atoms in total. The van der Waals surface area contributed by atoms with Crippen molar-refractivity contribution < 1.29 is 9.66 Å². The molecule has 1 aliphatic rings. The van der Waals surface area contributed by atoms with E-state index < -0.39 is 4.92 Å². The van der Waals surface area contributed by atoms with Crippen LogP contribution in [0.2, 0.25) is 0 Å². The molecule has 2 heterocycles. The summed E-state index contributed by atoms with van der Waals surface area (Å²) in [6.07, 6.45) is 3.85. The van der Waals surface area contributed by atoms with E-state index in [1.807, 2.05) is 6.08 Å². The molecule has 6 heteroatoms. The van der Waals surface area contributed by atoms with Crippen molar-refractivity contribution in [2.45, 2.75) is 6.42 Å². The molecule has 0 aliphatic carbocycles. The van der Waals surface area contributed by atoms with Gasteiger partial charge in [0.2, 0.25) is 0 Å². The zero-order valence-electron chi connectivity index (χ0n) is 8.34. The molecule has 0 fully saturated rings. The van der Waals surface area contributed by atoms with Gasteiger partial charge in [0.05, 0.1) is 18.1 Å². The van der Waals surface area contributed by atoms with Gasteiger partial charge in [-0.1, -0.05) is 6.08 Å². The summed E-state index contributed by atoms with van der Waals surface area (Å²) in [5, 5.41) is 14.7. The van der Waals surface area contributed by atoms with E-state index in [2.05, 4.69) is 5.10 Å². The van der Waals surface area contributed by atoms with Gasteiger partial charge in [0.25, 0.3) is 0 Å². The van der Waals surface area contributed by atoms with Crippen LogP contribution >= 0.6 is 0 Å². The SMILES string of the molecule is Cn1ncc([N+](=O)[O-])c1C1=CCOCC1. The predicted molar refractivity (Wildman–Crippen MR) is 53.3 cm³/mol. The zero-order valence-corrected chi connectivity index (χ0v) is 8.34. The monoisotopic (exact) mass is 209 g/mol. The van der Waals surface area contributed by atoms with E-state index in [4.69, 9.17) is 4.74 Å². The number of aromatic nitrogens is 2. The topological polar surface area (TPSA) is 70.2 Å². The van der Waals surface area contributed by atoms with E-state index in [9.17, 15) is 10.1 Å². The Kier molecular flexibility index (Phi) is 2.51. The van der Waals surface area contributed by atoms with Crippen molar-refractivity contribution in [1.82, 2.24) is 9.78 Å². The van der Waals surface area contributed by atoms with Crippen LogP contribution in [0.25, 0.3) is 5.57 Å². The van der Waals surface area contributed by atoms with Crippen molar-refractivity contribution >= 4 is 11.3 Å². The summed E-state index contributed by atoms with van der Waals surface area (Å²) in [5.74, 6) is 0. The van der Waals surface area contributed by atoms with Crippen LogP contribution in [0.5, 0.6) is 0 Å². The molecule has 2 rings (SSSR count). The van der Waals surface area contributed by atoms with Gasteiger partial charge in [-0.05, 0) is 12.0 Å². The molecule has 0 saturated carbocycles.